The summed E-state index contributed by atoms with van der Waals surface area (Å²) in [4.78, 5) is 0. The van der Waals surface area contributed by atoms with Crippen molar-refractivity contribution in [3.8, 4) is 0 Å². The highest BCUT2D eigenvalue weighted by atomic mass is 15.7. The summed E-state index contributed by atoms with van der Waals surface area (Å²) < 4.78 is 0. The molecule has 0 aromatic heterocycles. The summed E-state index contributed by atoms with van der Waals surface area (Å²) in [5.74, 6) is 5.54. The molecule has 0 atom stereocenters. The average Bonchev–Trinajstić information content (AvgIpc) is 2.09. The summed E-state index contributed by atoms with van der Waals surface area (Å²) in [7, 11) is 0. The number of nitrogens with one attached hydrogen (secondary N) is 2. The van der Waals surface area contributed by atoms with Crippen LogP contribution in [0.2, 0.25) is 0 Å². The first-order chi connectivity index (χ1) is 5.81. The maximum atomic E-state index is 5.54. The Kier molecular flexibility index (Phi) is 8.68. The predicted octanol–water partition coefficient (Wildman–Crippen LogP) is -2.83. The van der Waals surface area contributed by atoms with Gasteiger partial charge in [-0.2, -0.15) is 5.12 Å². The van der Waals surface area contributed by atoms with E-state index in [0.717, 1.165) is 19.6 Å². The molecule has 0 aromatic carbocycles. The van der Waals surface area contributed by atoms with E-state index < -0.39 is 0 Å². The topological polar surface area (TPSA) is 105 Å². The normalized spacial score (nSPS) is 11.0. The maximum absolute atomic E-state index is 5.54. The smallest absolute Gasteiger partial charge is 0.0410 e. The molecule has 12 heavy (non-hydrogen) atoms. The molecule has 0 aromatic rings. The number of hydrogen-bond acceptors (Lipinski definition) is 6. The van der Waals surface area contributed by atoms with Crippen molar-refractivity contribution in [2.45, 2.75) is 0 Å². The third-order valence-corrected chi connectivity index (χ3v) is 1.31. The molecule has 0 unspecified atom stereocenters. The number of hydrogen-bond donors (Lipinski definition) is 5. The molecule has 74 valence electrons. The number of nitrogens with zero attached hydrogens (tertiary/aromatic N) is 1. The zero-order valence-electron chi connectivity index (χ0n) is 7.42. The Morgan fingerprint density at radius 1 is 1.00 bits per heavy atom. The summed E-state index contributed by atoms with van der Waals surface area (Å²) in [6.45, 7) is 4.33. The first-order valence-corrected chi connectivity index (χ1v) is 4.18. The van der Waals surface area contributed by atoms with Crippen LogP contribution in [0.4, 0.5) is 0 Å². The highest BCUT2D eigenvalue weighted by molar-refractivity contribution is 4.50. The molecule has 0 aliphatic rings. The van der Waals surface area contributed by atoms with Crippen LogP contribution in [0.5, 0.6) is 0 Å². The molecule has 0 aliphatic heterocycles. The van der Waals surface area contributed by atoms with Crippen molar-refractivity contribution in [3.05, 3.63) is 0 Å². The van der Waals surface area contributed by atoms with E-state index in [1.807, 2.05) is 0 Å². The lowest BCUT2D eigenvalue weighted by Crippen LogP contribution is -2.48. The van der Waals surface area contributed by atoms with Crippen LogP contribution >= 0.6 is 0 Å². The van der Waals surface area contributed by atoms with Gasteiger partial charge in [-0.15, -0.1) is 0 Å². The average molecular weight is 176 g/mol. The summed E-state index contributed by atoms with van der Waals surface area (Å²) in [5.41, 5.74) is 13.5. The van der Waals surface area contributed by atoms with Crippen LogP contribution < -0.4 is 28.1 Å². The zero-order valence-corrected chi connectivity index (χ0v) is 7.42. The predicted molar refractivity (Wildman–Crippen MR) is 49.9 cm³/mol. The van der Waals surface area contributed by atoms with Gasteiger partial charge in [-0.1, -0.05) is 0 Å². The maximum Gasteiger partial charge on any atom is 0.0410 e. The second-order valence-electron chi connectivity index (χ2n) is 2.43. The first kappa shape index (κ1) is 11.8. The minimum atomic E-state index is 0.587. The summed E-state index contributed by atoms with van der Waals surface area (Å²) in [6.07, 6.45) is 0. The van der Waals surface area contributed by atoms with E-state index in [-0.39, 0.29) is 0 Å². The molecule has 0 radical (unpaired) electrons. The van der Waals surface area contributed by atoms with Gasteiger partial charge in [-0.25, -0.2) is 5.43 Å². The van der Waals surface area contributed by atoms with Crippen LogP contribution in [0.3, 0.4) is 0 Å². The highest BCUT2D eigenvalue weighted by Gasteiger charge is 1.94. The van der Waals surface area contributed by atoms with E-state index in [1.54, 1.807) is 0 Å². The minimum Gasteiger partial charge on any atom is -0.329 e. The lowest BCUT2D eigenvalue weighted by Gasteiger charge is -2.16. The number of nitrogens with two attached hydrogens (primary N) is 3. The van der Waals surface area contributed by atoms with Gasteiger partial charge in [0, 0.05) is 39.3 Å². The molecule has 0 heterocycles. The summed E-state index contributed by atoms with van der Waals surface area (Å²) in [5, 5.41) is 4.65. The second kappa shape index (κ2) is 8.85. The van der Waals surface area contributed by atoms with Crippen molar-refractivity contribution >= 4 is 0 Å². The molecule has 0 fully saturated rings. The molecule has 6 heteroatoms. The van der Waals surface area contributed by atoms with Crippen molar-refractivity contribution < 1.29 is 0 Å². The molecule has 0 bridgehead atoms. The molecule has 6 nitrogen and oxygen atoms in total. The lowest BCUT2D eigenvalue weighted by molar-refractivity contribution is 0.196. The van der Waals surface area contributed by atoms with Crippen molar-refractivity contribution in [1.82, 2.24) is 15.9 Å². The molecule has 0 aliphatic carbocycles. The van der Waals surface area contributed by atoms with E-state index in [2.05, 4.69) is 10.7 Å². The van der Waals surface area contributed by atoms with Gasteiger partial charge in [0.15, 0.2) is 0 Å². The van der Waals surface area contributed by atoms with Gasteiger partial charge in [-0.05, 0) is 0 Å². The first-order valence-electron chi connectivity index (χ1n) is 4.18. The quantitative estimate of drug-likeness (QED) is 0.155. The van der Waals surface area contributed by atoms with Crippen LogP contribution in [0.1, 0.15) is 0 Å². The Hall–Kier alpha value is -0.240. The van der Waals surface area contributed by atoms with Crippen LogP contribution in [-0.4, -0.2) is 44.4 Å². The van der Waals surface area contributed by atoms with Crippen molar-refractivity contribution in [2.75, 3.05) is 39.3 Å². The molecule has 0 saturated heterocycles. The Morgan fingerprint density at radius 2 is 1.67 bits per heavy atom. The van der Waals surface area contributed by atoms with Gasteiger partial charge >= 0.3 is 0 Å². The van der Waals surface area contributed by atoms with E-state index >= 15 is 0 Å². The minimum absolute atomic E-state index is 0.587. The molecular weight excluding hydrogens is 156 g/mol. The standard InChI is InChI=1S/C6H20N6/c7-1-3-10-5-6-12(9)11-4-2-8/h10-11H,1-9H2. The van der Waals surface area contributed by atoms with Crippen LogP contribution in [0, 0.1) is 0 Å². The van der Waals surface area contributed by atoms with Gasteiger partial charge < -0.3 is 16.8 Å². The molecule has 8 N–H and O–H groups in total. The SMILES string of the molecule is NCCNCCN(N)NCCN. The second-order valence-corrected chi connectivity index (χ2v) is 2.43. The van der Waals surface area contributed by atoms with Gasteiger partial charge in [0.25, 0.3) is 0 Å². The Labute approximate surface area is 73.4 Å². The number of rotatable bonds is 8. The molecule has 0 amide bonds. The van der Waals surface area contributed by atoms with Crippen LogP contribution in [0.25, 0.3) is 0 Å². The van der Waals surface area contributed by atoms with E-state index in [9.17, 15) is 0 Å². The van der Waals surface area contributed by atoms with Crippen LogP contribution in [-0.2, 0) is 0 Å². The fraction of sp³-hybridized carbons (Fsp3) is 1.00. The monoisotopic (exact) mass is 176 g/mol. The third kappa shape index (κ3) is 7.86. The third-order valence-electron chi connectivity index (χ3n) is 1.31. The Morgan fingerprint density at radius 3 is 2.25 bits per heavy atom. The van der Waals surface area contributed by atoms with Gasteiger partial charge in [0.2, 0.25) is 0 Å². The summed E-state index contributed by atoms with van der Waals surface area (Å²) >= 11 is 0. The molecule has 0 rings (SSSR count). The number of hydrazine groups is 2. The zero-order chi connectivity index (χ0) is 9.23. The Bertz CT molecular complexity index is 88.1. The molecular formula is C6H20N6. The summed E-state index contributed by atoms with van der Waals surface area (Å²) in [6, 6.07) is 0. The van der Waals surface area contributed by atoms with Crippen molar-refractivity contribution in [2.24, 2.45) is 17.3 Å². The van der Waals surface area contributed by atoms with E-state index in [4.69, 9.17) is 17.3 Å². The van der Waals surface area contributed by atoms with Gasteiger partial charge in [-0.3, -0.25) is 5.84 Å². The van der Waals surface area contributed by atoms with Crippen molar-refractivity contribution in [1.29, 1.82) is 0 Å². The highest BCUT2D eigenvalue weighted by Crippen LogP contribution is 1.67. The van der Waals surface area contributed by atoms with Crippen molar-refractivity contribution in [3.63, 3.8) is 0 Å². The van der Waals surface area contributed by atoms with E-state index in [1.165, 1.54) is 5.12 Å². The lowest BCUT2D eigenvalue weighted by atomic mass is 10.5. The van der Waals surface area contributed by atoms with Gasteiger partial charge in [0.05, 0.1) is 0 Å². The van der Waals surface area contributed by atoms with Gasteiger partial charge in [0.1, 0.15) is 0 Å². The Balaban J connectivity index is 3.02. The van der Waals surface area contributed by atoms with E-state index in [0.29, 0.717) is 19.6 Å². The fourth-order valence-electron chi connectivity index (χ4n) is 0.714. The fourth-order valence-corrected chi connectivity index (χ4v) is 0.714. The molecule has 0 saturated carbocycles. The molecule has 0 spiro atoms. The largest absolute Gasteiger partial charge is 0.329 e. The van der Waals surface area contributed by atoms with Crippen LogP contribution in [0.15, 0.2) is 0 Å².